The molecular formula is C36H39N7O4. The summed E-state index contributed by atoms with van der Waals surface area (Å²) < 4.78 is 13.0. The number of imide groups is 1. The van der Waals surface area contributed by atoms with Gasteiger partial charge < -0.3 is 14.4 Å². The number of anilines is 2. The zero-order valence-corrected chi connectivity index (χ0v) is 27.4. The Morgan fingerprint density at radius 1 is 0.809 bits per heavy atom. The number of ether oxygens (including phenoxy) is 2. The predicted octanol–water partition coefficient (Wildman–Crippen LogP) is 5.58. The molecular weight excluding hydrogens is 594 g/mol. The second-order valence-electron chi connectivity index (χ2n) is 11.8. The van der Waals surface area contributed by atoms with Gasteiger partial charge in [0.25, 0.3) is 11.8 Å². The second kappa shape index (κ2) is 13.6. The monoisotopic (exact) mass is 633 g/mol. The zero-order valence-electron chi connectivity index (χ0n) is 27.4. The van der Waals surface area contributed by atoms with Gasteiger partial charge in [-0.2, -0.15) is 5.10 Å². The molecule has 1 aliphatic heterocycles. The van der Waals surface area contributed by atoms with E-state index in [1.807, 2.05) is 37.5 Å². The van der Waals surface area contributed by atoms with Gasteiger partial charge in [0.1, 0.15) is 11.5 Å². The molecule has 0 saturated heterocycles. The lowest BCUT2D eigenvalue weighted by Gasteiger charge is -2.32. The SMILES string of the molecule is COc1cc(OC)cc(N(CCN(CCCN2C(=O)c3ccccc3C2=O)C(C)C)c2ccc3ncc(-c4cnn(C)c4)nc3c2)c1. The minimum Gasteiger partial charge on any atom is -0.497 e. The molecule has 0 atom stereocenters. The molecule has 242 valence electrons. The third-order valence-corrected chi connectivity index (χ3v) is 8.53. The van der Waals surface area contributed by atoms with E-state index in [2.05, 4.69) is 45.9 Å². The lowest BCUT2D eigenvalue weighted by atomic mass is 10.1. The van der Waals surface area contributed by atoms with Gasteiger partial charge >= 0.3 is 0 Å². The highest BCUT2D eigenvalue weighted by molar-refractivity contribution is 6.21. The molecule has 3 heterocycles. The molecule has 2 amide bonds. The van der Waals surface area contributed by atoms with Gasteiger partial charge in [-0.15, -0.1) is 0 Å². The van der Waals surface area contributed by atoms with Gasteiger partial charge in [-0.25, -0.2) is 4.98 Å². The lowest BCUT2D eigenvalue weighted by molar-refractivity contribution is 0.0645. The summed E-state index contributed by atoms with van der Waals surface area (Å²) in [5, 5.41) is 4.28. The second-order valence-corrected chi connectivity index (χ2v) is 11.8. The fraction of sp³-hybridized carbons (Fsp3) is 0.306. The Bertz CT molecular complexity index is 1860. The van der Waals surface area contributed by atoms with Crippen molar-refractivity contribution in [3.8, 4) is 22.8 Å². The number of carbonyl (C=O) groups is 2. The Balaban J connectivity index is 1.24. The highest BCUT2D eigenvalue weighted by atomic mass is 16.5. The molecule has 11 heteroatoms. The van der Waals surface area contributed by atoms with Crippen molar-refractivity contribution in [2.24, 2.45) is 7.05 Å². The number of hydrogen-bond acceptors (Lipinski definition) is 9. The number of carbonyl (C=O) groups excluding carboxylic acids is 2. The number of methoxy groups -OCH3 is 2. The van der Waals surface area contributed by atoms with E-state index in [1.54, 1.807) is 55.6 Å². The van der Waals surface area contributed by atoms with Crippen molar-refractivity contribution in [3.63, 3.8) is 0 Å². The van der Waals surface area contributed by atoms with Gasteiger partial charge in [0.2, 0.25) is 0 Å². The van der Waals surface area contributed by atoms with Crippen LogP contribution in [0.2, 0.25) is 0 Å². The van der Waals surface area contributed by atoms with E-state index < -0.39 is 0 Å². The number of benzene rings is 3. The van der Waals surface area contributed by atoms with Gasteiger partial charge in [-0.1, -0.05) is 12.1 Å². The van der Waals surface area contributed by atoms with E-state index in [4.69, 9.17) is 14.5 Å². The van der Waals surface area contributed by atoms with Crippen molar-refractivity contribution in [2.45, 2.75) is 26.3 Å². The summed E-state index contributed by atoms with van der Waals surface area (Å²) >= 11 is 0. The first-order valence-corrected chi connectivity index (χ1v) is 15.7. The first-order chi connectivity index (χ1) is 22.7. The summed E-state index contributed by atoms with van der Waals surface area (Å²) in [5.74, 6) is 0.938. The summed E-state index contributed by atoms with van der Waals surface area (Å²) in [4.78, 5) is 41.3. The minimum atomic E-state index is -0.217. The highest BCUT2D eigenvalue weighted by Crippen LogP contribution is 2.34. The van der Waals surface area contributed by atoms with Gasteiger partial charge in [0.15, 0.2) is 0 Å². The number of fused-ring (bicyclic) bond motifs is 2. The van der Waals surface area contributed by atoms with Crippen LogP contribution in [0.5, 0.6) is 11.5 Å². The number of amides is 2. The van der Waals surface area contributed by atoms with Crippen LogP contribution in [0, 0.1) is 0 Å². The summed E-state index contributed by atoms with van der Waals surface area (Å²) in [6.45, 7) is 6.77. The Kier molecular flexibility index (Phi) is 9.17. The third-order valence-electron chi connectivity index (χ3n) is 8.53. The number of hydrogen-bond donors (Lipinski definition) is 0. The molecule has 0 unspecified atom stereocenters. The Morgan fingerprint density at radius 2 is 1.51 bits per heavy atom. The van der Waals surface area contributed by atoms with Crippen LogP contribution in [-0.2, 0) is 7.05 Å². The van der Waals surface area contributed by atoms with Crippen molar-refractivity contribution in [2.75, 3.05) is 45.3 Å². The smallest absolute Gasteiger partial charge is 0.261 e. The quantitative estimate of drug-likeness (QED) is 0.154. The fourth-order valence-corrected chi connectivity index (χ4v) is 5.95. The van der Waals surface area contributed by atoms with Gasteiger partial charge in [0.05, 0.1) is 54.5 Å². The predicted molar refractivity (Wildman–Crippen MR) is 181 cm³/mol. The largest absolute Gasteiger partial charge is 0.497 e. The van der Waals surface area contributed by atoms with Crippen LogP contribution in [0.1, 0.15) is 41.0 Å². The maximum Gasteiger partial charge on any atom is 0.261 e. The van der Waals surface area contributed by atoms with E-state index >= 15 is 0 Å². The molecule has 6 rings (SSSR count). The molecule has 0 bridgehead atoms. The molecule has 0 radical (unpaired) electrons. The van der Waals surface area contributed by atoms with Crippen LogP contribution < -0.4 is 14.4 Å². The van der Waals surface area contributed by atoms with E-state index in [-0.39, 0.29) is 17.9 Å². The van der Waals surface area contributed by atoms with Crippen molar-refractivity contribution in [1.82, 2.24) is 29.5 Å². The van der Waals surface area contributed by atoms with Gasteiger partial charge in [-0.3, -0.25) is 29.1 Å². The number of aromatic nitrogens is 4. The molecule has 0 N–H and O–H groups in total. The molecule has 3 aromatic carbocycles. The van der Waals surface area contributed by atoms with Gasteiger partial charge in [-0.05, 0) is 50.6 Å². The first kappa shape index (κ1) is 31.7. The minimum absolute atomic E-state index is 0.217. The van der Waals surface area contributed by atoms with E-state index in [0.717, 1.165) is 46.8 Å². The van der Waals surface area contributed by atoms with E-state index in [9.17, 15) is 9.59 Å². The molecule has 0 saturated carbocycles. The average molecular weight is 634 g/mol. The Morgan fingerprint density at radius 3 is 2.13 bits per heavy atom. The normalized spacial score (nSPS) is 12.8. The first-order valence-electron chi connectivity index (χ1n) is 15.7. The molecule has 11 nitrogen and oxygen atoms in total. The van der Waals surface area contributed by atoms with Crippen LogP contribution >= 0.6 is 0 Å². The summed E-state index contributed by atoms with van der Waals surface area (Å²) in [5.41, 5.74) is 6.03. The van der Waals surface area contributed by atoms with Crippen molar-refractivity contribution in [1.29, 1.82) is 0 Å². The standard InChI is InChI=1S/C36H39N7O4/c1-24(2)41(13-8-14-43-35(44)30-9-6-7-10-31(30)36(43)45)15-16-42(27-17-28(46-4)20-29(18-27)47-5)26-11-12-32-33(19-26)39-34(22-37-32)25-21-38-40(3)23-25/h6-7,9-12,17-24H,8,13-16H2,1-5H3. The molecule has 0 aliphatic carbocycles. The maximum atomic E-state index is 12.9. The van der Waals surface area contributed by atoms with E-state index in [1.165, 1.54) is 4.90 Å². The van der Waals surface area contributed by atoms with Crippen molar-refractivity contribution < 1.29 is 19.1 Å². The van der Waals surface area contributed by atoms with Crippen molar-refractivity contribution in [3.05, 3.63) is 90.4 Å². The summed E-state index contributed by atoms with van der Waals surface area (Å²) in [7, 11) is 5.16. The van der Waals surface area contributed by atoms with Crippen LogP contribution in [0.4, 0.5) is 11.4 Å². The fourth-order valence-electron chi connectivity index (χ4n) is 5.95. The van der Waals surface area contributed by atoms with Crippen LogP contribution in [-0.4, -0.2) is 87.8 Å². The maximum absolute atomic E-state index is 12.9. The topological polar surface area (TPSA) is 106 Å². The molecule has 0 spiro atoms. The highest BCUT2D eigenvalue weighted by Gasteiger charge is 2.34. The lowest BCUT2D eigenvalue weighted by Crippen LogP contribution is -2.40. The Hall–Kier alpha value is -5.29. The number of aryl methyl sites for hydroxylation is 1. The van der Waals surface area contributed by atoms with Crippen molar-refractivity contribution >= 4 is 34.2 Å². The van der Waals surface area contributed by atoms with E-state index in [0.29, 0.717) is 42.1 Å². The van der Waals surface area contributed by atoms with Crippen LogP contribution in [0.25, 0.3) is 22.3 Å². The van der Waals surface area contributed by atoms with Gasteiger partial charge in [0, 0.05) is 80.6 Å². The van der Waals surface area contributed by atoms with Crippen LogP contribution in [0.15, 0.2) is 79.3 Å². The molecule has 0 fully saturated rings. The average Bonchev–Trinajstić information content (AvgIpc) is 3.63. The zero-order chi connectivity index (χ0) is 33.1. The summed E-state index contributed by atoms with van der Waals surface area (Å²) in [6, 6.07) is 19.2. The Labute approximate surface area is 274 Å². The molecule has 5 aromatic rings. The number of nitrogens with zero attached hydrogens (tertiary/aromatic N) is 7. The molecule has 2 aromatic heterocycles. The molecule has 1 aliphatic rings. The number of rotatable bonds is 13. The molecule has 47 heavy (non-hydrogen) atoms. The summed E-state index contributed by atoms with van der Waals surface area (Å²) in [6.07, 6.45) is 6.14. The van der Waals surface area contributed by atoms with Crippen LogP contribution in [0.3, 0.4) is 0 Å². The third kappa shape index (κ3) is 6.66.